The zero-order valence-corrected chi connectivity index (χ0v) is 21.1. The van der Waals surface area contributed by atoms with Crippen molar-refractivity contribution < 1.29 is 28.2 Å². The maximum Gasteiger partial charge on any atom is 0.317 e. The maximum atomic E-state index is 13.6. The Morgan fingerprint density at radius 2 is 1.89 bits per heavy atom. The summed E-state index contributed by atoms with van der Waals surface area (Å²) < 4.78 is 29.6. The van der Waals surface area contributed by atoms with Crippen LogP contribution in [0.3, 0.4) is 0 Å². The molecule has 3 rings (SSSR count). The average molecular weight is 501 g/mol. The summed E-state index contributed by atoms with van der Waals surface area (Å²) in [7, 11) is 4.66. The number of rotatable bonds is 11. The molecule has 3 amide bonds. The molecule has 2 aromatic rings. The highest BCUT2D eigenvalue weighted by molar-refractivity contribution is 6.05. The molecular weight excluding hydrogens is 467 g/mol. The molecule has 0 saturated heterocycles. The first-order valence-electron chi connectivity index (χ1n) is 11.8. The Morgan fingerprint density at radius 1 is 1.14 bits per heavy atom. The topological polar surface area (TPSA) is 92.7 Å². The van der Waals surface area contributed by atoms with Gasteiger partial charge in [0.1, 0.15) is 23.9 Å². The van der Waals surface area contributed by atoms with Crippen molar-refractivity contribution in [2.75, 3.05) is 47.6 Å². The van der Waals surface area contributed by atoms with Gasteiger partial charge in [-0.15, -0.1) is 0 Å². The summed E-state index contributed by atoms with van der Waals surface area (Å²) in [6, 6.07) is 10.5. The molecule has 194 valence electrons. The molecule has 10 heteroatoms. The summed E-state index contributed by atoms with van der Waals surface area (Å²) in [4.78, 5) is 27.6. The van der Waals surface area contributed by atoms with Crippen molar-refractivity contribution in [3.05, 3.63) is 59.4 Å². The predicted molar refractivity (Wildman–Crippen MR) is 134 cm³/mol. The number of benzene rings is 2. The molecule has 0 spiro atoms. The van der Waals surface area contributed by atoms with Crippen LogP contribution in [0.25, 0.3) is 0 Å². The molecule has 1 aliphatic heterocycles. The lowest BCUT2D eigenvalue weighted by Crippen LogP contribution is -2.47. The summed E-state index contributed by atoms with van der Waals surface area (Å²) in [5.41, 5.74) is 2.09. The summed E-state index contributed by atoms with van der Waals surface area (Å²) in [6.45, 7) is 2.79. The molecule has 1 atom stereocenters. The van der Waals surface area contributed by atoms with Gasteiger partial charge in [-0.2, -0.15) is 5.10 Å². The van der Waals surface area contributed by atoms with Gasteiger partial charge in [0, 0.05) is 38.2 Å². The quantitative estimate of drug-likeness (QED) is 0.509. The van der Waals surface area contributed by atoms with Crippen molar-refractivity contribution >= 4 is 17.6 Å². The van der Waals surface area contributed by atoms with Gasteiger partial charge in [0.25, 0.3) is 5.91 Å². The van der Waals surface area contributed by atoms with E-state index < -0.39 is 6.04 Å². The minimum atomic E-state index is -0.470. The van der Waals surface area contributed by atoms with Gasteiger partial charge in [0.2, 0.25) is 0 Å². The van der Waals surface area contributed by atoms with E-state index in [2.05, 4.69) is 10.4 Å². The van der Waals surface area contributed by atoms with Gasteiger partial charge in [-0.05, 0) is 36.2 Å². The number of ether oxygens (including phenoxy) is 3. The number of carbonyl (C=O) groups excluding carboxylic acids is 2. The third-order valence-electron chi connectivity index (χ3n) is 5.85. The molecule has 0 aromatic heterocycles. The van der Waals surface area contributed by atoms with E-state index in [0.29, 0.717) is 30.2 Å². The van der Waals surface area contributed by atoms with Gasteiger partial charge in [-0.25, -0.2) is 14.2 Å². The summed E-state index contributed by atoms with van der Waals surface area (Å²) in [5.74, 6) is 0.450. The molecule has 36 heavy (non-hydrogen) atoms. The van der Waals surface area contributed by atoms with Crippen molar-refractivity contribution in [2.45, 2.75) is 25.8 Å². The fourth-order valence-corrected chi connectivity index (χ4v) is 3.92. The highest BCUT2D eigenvalue weighted by Gasteiger charge is 2.35. The molecule has 1 N–H and O–H groups in total. The molecule has 1 aliphatic rings. The van der Waals surface area contributed by atoms with E-state index in [1.807, 2.05) is 13.0 Å². The Bertz CT molecular complexity index is 1080. The minimum absolute atomic E-state index is 0.187. The fraction of sp³-hybridized carbons (Fsp3) is 0.423. The summed E-state index contributed by atoms with van der Waals surface area (Å²) in [5, 5.41) is 8.83. The summed E-state index contributed by atoms with van der Waals surface area (Å²) >= 11 is 0. The van der Waals surface area contributed by atoms with Crippen LogP contribution in [0.2, 0.25) is 0 Å². The van der Waals surface area contributed by atoms with E-state index in [9.17, 15) is 14.0 Å². The number of hydrazone groups is 1. The molecule has 0 saturated carbocycles. The SMILES string of the molecule is CCCNC(=O)N(CCOC)CC(=O)N1N=C(c2ccc(OC)cc2OC)C[C@@H]1c1ccc(F)cc1. The van der Waals surface area contributed by atoms with E-state index in [1.165, 1.54) is 29.2 Å². The van der Waals surface area contributed by atoms with Gasteiger partial charge in [0.05, 0.1) is 32.6 Å². The van der Waals surface area contributed by atoms with Gasteiger partial charge < -0.3 is 24.4 Å². The number of methoxy groups -OCH3 is 3. The molecule has 0 radical (unpaired) electrons. The zero-order chi connectivity index (χ0) is 26.1. The molecule has 0 aliphatic carbocycles. The van der Waals surface area contributed by atoms with Gasteiger partial charge >= 0.3 is 6.03 Å². The zero-order valence-electron chi connectivity index (χ0n) is 21.1. The monoisotopic (exact) mass is 500 g/mol. The van der Waals surface area contributed by atoms with E-state index in [0.717, 1.165) is 17.5 Å². The van der Waals surface area contributed by atoms with Gasteiger partial charge in [-0.3, -0.25) is 4.79 Å². The minimum Gasteiger partial charge on any atom is -0.497 e. The first-order valence-corrected chi connectivity index (χ1v) is 11.8. The largest absolute Gasteiger partial charge is 0.497 e. The highest BCUT2D eigenvalue weighted by atomic mass is 19.1. The number of nitrogens with one attached hydrogen (secondary N) is 1. The van der Waals surface area contributed by atoms with E-state index in [1.54, 1.807) is 38.5 Å². The lowest BCUT2D eigenvalue weighted by molar-refractivity contribution is -0.133. The maximum absolute atomic E-state index is 13.6. The second-order valence-electron chi connectivity index (χ2n) is 8.27. The van der Waals surface area contributed by atoms with E-state index in [4.69, 9.17) is 14.2 Å². The van der Waals surface area contributed by atoms with Crippen LogP contribution in [-0.4, -0.2) is 75.1 Å². The Kier molecular flexibility index (Phi) is 9.63. The summed E-state index contributed by atoms with van der Waals surface area (Å²) in [6.07, 6.45) is 1.16. The fourth-order valence-electron chi connectivity index (χ4n) is 3.92. The van der Waals surface area contributed by atoms with Gasteiger partial charge in [-0.1, -0.05) is 19.1 Å². The second kappa shape index (κ2) is 12.9. The third-order valence-corrected chi connectivity index (χ3v) is 5.85. The van der Waals surface area contributed by atoms with Crippen molar-refractivity contribution in [1.82, 2.24) is 15.2 Å². The van der Waals surface area contributed by atoms with Crippen LogP contribution < -0.4 is 14.8 Å². The van der Waals surface area contributed by atoms with Crippen LogP contribution >= 0.6 is 0 Å². The van der Waals surface area contributed by atoms with Gasteiger partial charge in [0.15, 0.2) is 0 Å². The van der Waals surface area contributed by atoms with Crippen LogP contribution in [0.15, 0.2) is 47.6 Å². The number of nitrogens with zero attached hydrogens (tertiary/aromatic N) is 3. The lowest BCUT2D eigenvalue weighted by Gasteiger charge is -2.27. The van der Waals surface area contributed by atoms with Crippen LogP contribution in [0.4, 0.5) is 9.18 Å². The Morgan fingerprint density at radius 3 is 2.53 bits per heavy atom. The van der Waals surface area contributed by atoms with Crippen molar-refractivity contribution in [3.63, 3.8) is 0 Å². The number of hydrogen-bond acceptors (Lipinski definition) is 6. The number of amides is 3. The average Bonchev–Trinajstić information content (AvgIpc) is 3.34. The Hall–Kier alpha value is -3.66. The van der Waals surface area contributed by atoms with Crippen LogP contribution in [0.5, 0.6) is 11.5 Å². The Labute approximate surface area is 210 Å². The molecular formula is C26H33FN4O5. The van der Waals surface area contributed by atoms with Crippen molar-refractivity contribution in [1.29, 1.82) is 0 Å². The molecule has 0 unspecified atom stereocenters. The molecule has 0 bridgehead atoms. The number of hydrogen-bond donors (Lipinski definition) is 1. The molecule has 0 fully saturated rings. The highest BCUT2D eigenvalue weighted by Crippen LogP contribution is 2.36. The standard InChI is InChI=1S/C26H33FN4O5/c1-5-12-28-26(33)30(13-14-34-2)17-25(32)31-23(18-6-8-19(27)9-7-18)16-22(29-31)21-11-10-20(35-3)15-24(21)36-4/h6-11,15,23H,5,12-14,16-17H2,1-4H3,(H,28,33)/t23-/m1/s1. The molecule has 9 nitrogen and oxygen atoms in total. The predicted octanol–water partition coefficient (Wildman–Crippen LogP) is 3.59. The van der Waals surface area contributed by atoms with Crippen molar-refractivity contribution in [2.24, 2.45) is 5.10 Å². The lowest BCUT2D eigenvalue weighted by atomic mass is 9.97. The number of carbonyl (C=O) groups is 2. The van der Waals surface area contributed by atoms with E-state index >= 15 is 0 Å². The van der Waals surface area contributed by atoms with Crippen LogP contribution in [-0.2, 0) is 9.53 Å². The first-order chi connectivity index (χ1) is 17.4. The van der Waals surface area contributed by atoms with E-state index in [-0.39, 0.29) is 37.5 Å². The Balaban J connectivity index is 1.93. The van der Waals surface area contributed by atoms with Crippen molar-refractivity contribution in [3.8, 4) is 11.5 Å². The molecule has 2 aromatic carbocycles. The normalized spacial score (nSPS) is 14.9. The second-order valence-corrected chi connectivity index (χ2v) is 8.27. The van der Waals surface area contributed by atoms with Crippen LogP contribution in [0.1, 0.15) is 36.9 Å². The number of halogens is 1. The molecule has 1 heterocycles. The smallest absolute Gasteiger partial charge is 0.317 e. The van der Waals surface area contributed by atoms with Crippen LogP contribution in [0, 0.1) is 5.82 Å². The number of urea groups is 1. The third kappa shape index (κ3) is 6.51. The first kappa shape index (κ1) is 26.9.